The van der Waals surface area contributed by atoms with Gasteiger partial charge in [0.15, 0.2) is 0 Å². The van der Waals surface area contributed by atoms with E-state index in [9.17, 15) is 8.78 Å². The molecule has 2 aromatic rings. The monoisotopic (exact) mass is 254 g/mol. The first-order chi connectivity index (χ1) is 8.20. The second-order valence-corrected chi connectivity index (χ2v) is 4.52. The van der Waals surface area contributed by atoms with Gasteiger partial charge in [0.1, 0.15) is 16.6 Å². The molecule has 0 fully saturated rings. The van der Waals surface area contributed by atoms with Gasteiger partial charge in [0.25, 0.3) is 0 Å². The van der Waals surface area contributed by atoms with Crippen molar-refractivity contribution in [2.45, 2.75) is 12.8 Å². The molecule has 0 radical (unpaired) electrons. The van der Waals surface area contributed by atoms with Crippen LogP contribution >= 0.6 is 11.3 Å². The van der Waals surface area contributed by atoms with Crippen LogP contribution in [0.5, 0.6) is 0 Å². The zero-order valence-electron chi connectivity index (χ0n) is 9.12. The van der Waals surface area contributed by atoms with Gasteiger partial charge in [-0.3, -0.25) is 0 Å². The second-order valence-electron chi connectivity index (χ2n) is 3.66. The predicted octanol–water partition coefficient (Wildman–Crippen LogP) is 2.98. The van der Waals surface area contributed by atoms with E-state index in [1.807, 2.05) is 5.38 Å². The fourth-order valence-corrected chi connectivity index (χ4v) is 2.37. The van der Waals surface area contributed by atoms with Crippen LogP contribution in [0, 0.1) is 11.6 Å². The molecule has 0 aliphatic rings. The number of halogens is 2. The molecule has 2 nitrogen and oxygen atoms in total. The lowest BCUT2D eigenvalue weighted by Crippen LogP contribution is -2.00. The number of aryl methyl sites for hydroxylation is 1. The average Bonchev–Trinajstić information content (AvgIpc) is 2.75. The number of hydrogen-bond donors (Lipinski definition) is 1. The van der Waals surface area contributed by atoms with Crippen LogP contribution < -0.4 is 5.73 Å². The highest BCUT2D eigenvalue weighted by atomic mass is 32.1. The Balaban J connectivity index is 2.24. The molecule has 2 N–H and O–H groups in total. The summed E-state index contributed by atoms with van der Waals surface area (Å²) in [6, 6.07) is 3.52. The Morgan fingerprint density at radius 2 is 2.12 bits per heavy atom. The minimum absolute atomic E-state index is 0.343. The van der Waals surface area contributed by atoms with Crippen molar-refractivity contribution >= 4 is 11.3 Å². The van der Waals surface area contributed by atoms with E-state index in [1.54, 1.807) is 0 Å². The molecule has 0 atom stereocenters. The van der Waals surface area contributed by atoms with E-state index in [4.69, 9.17) is 5.73 Å². The topological polar surface area (TPSA) is 38.9 Å². The molecule has 90 valence electrons. The van der Waals surface area contributed by atoms with Crippen molar-refractivity contribution in [3.8, 4) is 10.6 Å². The fourth-order valence-electron chi connectivity index (χ4n) is 1.49. The molecule has 5 heteroatoms. The fraction of sp³-hybridized carbons (Fsp3) is 0.250. The highest BCUT2D eigenvalue weighted by Crippen LogP contribution is 2.27. The SMILES string of the molecule is NCCCc1csc(-c2ccc(F)cc2F)n1. The first-order valence-corrected chi connectivity index (χ1v) is 6.18. The summed E-state index contributed by atoms with van der Waals surface area (Å²) < 4.78 is 26.3. The molecule has 1 aromatic heterocycles. The zero-order chi connectivity index (χ0) is 12.3. The molecule has 0 saturated carbocycles. The van der Waals surface area contributed by atoms with Gasteiger partial charge in [0, 0.05) is 17.0 Å². The van der Waals surface area contributed by atoms with Crippen molar-refractivity contribution in [2.24, 2.45) is 5.73 Å². The van der Waals surface area contributed by atoms with Crippen molar-refractivity contribution in [3.05, 3.63) is 40.9 Å². The number of benzene rings is 1. The van der Waals surface area contributed by atoms with Crippen LogP contribution in [-0.4, -0.2) is 11.5 Å². The van der Waals surface area contributed by atoms with Crippen LogP contribution in [0.3, 0.4) is 0 Å². The Kier molecular flexibility index (Phi) is 3.81. The largest absolute Gasteiger partial charge is 0.330 e. The molecule has 0 unspecified atom stereocenters. The lowest BCUT2D eigenvalue weighted by atomic mass is 10.2. The van der Waals surface area contributed by atoms with E-state index in [0.717, 1.165) is 24.6 Å². The molecule has 1 aromatic carbocycles. The quantitative estimate of drug-likeness (QED) is 0.911. The van der Waals surface area contributed by atoms with E-state index >= 15 is 0 Å². The van der Waals surface area contributed by atoms with Crippen LogP contribution in [0.1, 0.15) is 12.1 Å². The lowest BCUT2D eigenvalue weighted by Gasteiger charge is -1.98. The minimum atomic E-state index is -0.579. The van der Waals surface area contributed by atoms with E-state index in [1.165, 1.54) is 23.5 Å². The van der Waals surface area contributed by atoms with Gasteiger partial charge in [-0.15, -0.1) is 11.3 Å². The Bertz CT molecular complexity index is 511. The number of nitrogens with two attached hydrogens (primary N) is 1. The van der Waals surface area contributed by atoms with Crippen molar-refractivity contribution in [1.82, 2.24) is 4.98 Å². The van der Waals surface area contributed by atoms with Crippen LogP contribution in [0.2, 0.25) is 0 Å². The molecule has 0 amide bonds. The Labute approximate surface area is 102 Å². The van der Waals surface area contributed by atoms with E-state index < -0.39 is 11.6 Å². The molecule has 0 bridgehead atoms. The molecule has 0 aliphatic carbocycles. The molecule has 1 heterocycles. The highest BCUT2D eigenvalue weighted by Gasteiger charge is 2.10. The molecular weight excluding hydrogens is 242 g/mol. The van der Waals surface area contributed by atoms with Gasteiger partial charge in [-0.1, -0.05) is 0 Å². The summed E-state index contributed by atoms with van der Waals surface area (Å²) in [6.45, 7) is 0.609. The third kappa shape index (κ3) is 2.87. The lowest BCUT2D eigenvalue weighted by molar-refractivity contribution is 0.585. The van der Waals surface area contributed by atoms with Gasteiger partial charge in [0.05, 0.1) is 5.69 Å². The van der Waals surface area contributed by atoms with Gasteiger partial charge in [-0.2, -0.15) is 0 Å². The molecule has 2 rings (SSSR count). The summed E-state index contributed by atoms with van der Waals surface area (Å²) in [5, 5.41) is 2.46. The van der Waals surface area contributed by atoms with Crippen molar-refractivity contribution < 1.29 is 8.78 Å². The minimum Gasteiger partial charge on any atom is -0.330 e. The average molecular weight is 254 g/mol. The third-order valence-electron chi connectivity index (χ3n) is 2.35. The van der Waals surface area contributed by atoms with Gasteiger partial charge >= 0.3 is 0 Å². The Morgan fingerprint density at radius 3 is 2.82 bits per heavy atom. The number of nitrogens with zero attached hydrogens (tertiary/aromatic N) is 1. The van der Waals surface area contributed by atoms with Crippen LogP contribution in [-0.2, 0) is 6.42 Å². The van der Waals surface area contributed by atoms with E-state index in [2.05, 4.69) is 4.98 Å². The number of thiazole rings is 1. The predicted molar refractivity (Wildman–Crippen MR) is 64.8 cm³/mol. The summed E-state index contributed by atoms with van der Waals surface area (Å²) in [6.07, 6.45) is 1.64. The summed E-state index contributed by atoms with van der Waals surface area (Å²) in [7, 11) is 0. The van der Waals surface area contributed by atoms with E-state index in [-0.39, 0.29) is 0 Å². The summed E-state index contributed by atoms with van der Waals surface area (Å²) >= 11 is 1.36. The van der Waals surface area contributed by atoms with E-state index in [0.29, 0.717) is 17.1 Å². The normalized spacial score (nSPS) is 10.8. The summed E-state index contributed by atoms with van der Waals surface area (Å²) in [4.78, 5) is 4.31. The number of rotatable bonds is 4. The standard InChI is InChI=1S/C12H12F2N2S/c13-8-3-4-10(11(14)6-8)12-16-9(7-17-12)2-1-5-15/h3-4,6-7H,1-2,5,15H2. The second kappa shape index (κ2) is 5.33. The first kappa shape index (κ1) is 12.1. The first-order valence-electron chi connectivity index (χ1n) is 5.30. The maximum absolute atomic E-state index is 13.5. The molecule has 17 heavy (non-hydrogen) atoms. The number of aromatic nitrogens is 1. The third-order valence-corrected chi connectivity index (χ3v) is 3.27. The Morgan fingerprint density at radius 1 is 1.29 bits per heavy atom. The summed E-state index contributed by atoms with van der Waals surface area (Å²) in [5.74, 6) is -1.16. The number of hydrogen-bond acceptors (Lipinski definition) is 3. The summed E-state index contributed by atoms with van der Waals surface area (Å²) in [5.41, 5.74) is 6.65. The highest BCUT2D eigenvalue weighted by molar-refractivity contribution is 7.13. The maximum atomic E-state index is 13.5. The molecular formula is C12H12F2N2S. The molecule has 0 aliphatic heterocycles. The zero-order valence-corrected chi connectivity index (χ0v) is 9.94. The van der Waals surface area contributed by atoms with Crippen LogP contribution in [0.4, 0.5) is 8.78 Å². The van der Waals surface area contributed by atoms with Crippen LogP contribution in [0.15, 0.2) is 23.6 Å². The van der Waals surface area contributed by atoms with Gasteiger partial charge in [0.2, 0.25) is 0 Å². The van der Waals surface area contributed by atoms with Gasteiger partial charge < -0.3 is 5.73 Å². The smallest absolute Gasteiger partial charge is 0.136 e. The molecule has 0 spiro atoms. The van der Waals surface area contributed by atoms with Crippen molar-refractivity contribution in [2.75, 3.05) is 6.54 Å². The molecule has 0 saturated heterocycles. The maximum Gasteiger partial charge on any atom is 0.136 e. The van der Waals surface area contributed by atoms with Crippen LogP contribution in [0.25, 0.3) is 10.6 Å². The Hall–Kier alpha value is -1.33. The van der Waals surface area contributed by atoms with Gasteiger partial charge in [-0.05, 0) is 31.5 Å². The van der Waals surface area contributed by atoms with Gasteiger partial charge in [-0.25, -0.2) is 13.8 Å². The van der Waals surface area contributed by atoms with Crippen molar-refractivity contribution in [3.63, 3.8) is 0 Å². The van der Waals surface area contributed by atoms with Crippen molar-refractivity contribution in [1.29, 1.82) is 0 Å².